The summed E-state index contributed by atoms with van der Waals surface area (Å²) in [5.41, 5.74) is 1.39. The minimum Gasteiger partial charge on any atom is -0.496 e. The molecule has 0 saturated carbocycles. The predicted octanol–water partition coefficient (Wildman–Crippen LogP) is 2.34. The fourth-order valence-electron chi connectivity index (χ4n) is 1.87. The molecule has 0 aliphatic heterocycles. The molecule has 94 valence electrons. The summed E-state index contributed by atoms with van der Waals surface area (Å²) in [7, 11) is 4.93. The molecule has 1 rings (SSSR count). The van der Waals surface area contributed by atoms with Gasteiger partial charge in [-0.2, -0.15) is 0 Å². The van der Waals surface area contributed by atoms with E-state index in [-0.39, 0.29) is 0 Å². The Bertz CT molecular complexity index is 432. The van der Waals surface area contributed by atoms with Gasteiger partial charge >= 0.3 is 5.97 Å². The van der Waals surface area contributed by atoms with E-state index in [0.717, 1.165) is 5.56 Å². The van der Waals surface area contributed by atoms with E-state index in [1.807, 2.05) is 6.92 Å². The monoisotopic (exact) mass is 257 g/mol. The molecule has 0 bridgehead atoms. The van der Waals surface area contributed by atoms with Crippen LogP contribution in [0.5, 0.6) is 5.75 Å². The average Bonchev–Trinajstić information content (AvgIpc) is 2.15. The van der Waals surface area contributed by atoms with E-state index >= 15 is 0 Å². The highest BCUT2D eigenvalue weighted by Gasteiger charge is 2.26. The Labute approximate surface area is 106 Å². The standard InChI is InChI=1S/C12H16ClNO3/c1-7-5-8(13)6-9(11(7)17-4)10(12(15)16)14(2)3/h5-6,10H,1-4H3,(H,15,16). The van der Waals surface area contributed by atoms with Gasteiger partial charge in [-0.25, -0.2) is 0 Å². The first kappa shape index (κ1) is 13.8. The SMILES string of the molecule is COc1c(C)cc(Cl)cc1C(C(=O)O)N(C)C. The summed E-state index contributed by atoms with van der Waals surface area (Å²) in [5, 5.41) is 9.76. The van der Waals surface area contributed by atoms with Gasteiger partial charge in [-0.3, -0.25) is 9.69 Å². The maximum Gasteiger partial charge on any atom is 0.325 e. The average molecular weight is 258 g/mol. The lowest BCUT2D eigenvalue weighted by Gasteiger charge is -2.23. The Morgan fingerprint density at radius 3 is 2.47 bits per heavy atom. The van der Waals surface area contributed by atoms with Crippen LogP contribution in [-0.2, 0) is 4.79 Å². The zero-order valence-corrected chi connectivity index (χ0v) is 11.1. The molecule has 1 unspecified atom stereocenters. The van der Waals surface area contributed by atoms with Gasteiger partial charge in [-0.05, 0) is 38.7 Å². The van der Waals surface area contributed by atoms with Crippen molar-refractivity contribution in [2.45, 2.75) is 13.0 Å². The van der Waals surface area contributed by atoms with Gasteiger partial charge in [0.1, 0.15) is 11.8 Å². The van der Waals surface area contributed by atoms with Crippen molar-refractivity contribution in [1.29, 1.82) is 0 Å². The molecule has 1 N–H and O–H groups in total. The molecule has 0 aliphatic rings. The summed E-state index contributed by atoms with van der Waals surface area (Å²) in [6.45, 7) is 1.84. The van der Waals surface area contributed by atoms with Crippen LogP contribution in [-0.4, -0.2) is 37.2 Å². The molecule has 0 aliphatic carbocycles. The highest BCUT2D eigenvalue weighted by atomic mass is 35.5. The number of likely N-dealkylation sites (N-methyl/N-ethyl adjacent to an activating group) is 1. The second-order valence-electron chi connectivity index (χ2n) is 4.05. The lowest BCUT2D eigenvalue weighted by atomic mass is 10.0. The zero-order valence-electron chi connectivity index (χ0n) is 10.3. The van der Waals surface area contributed by atoms with Gasteiger partial charge in [-0.1, -0.05) is 11.6 Å². The third-order valence-electron chi connectivity index (χ3n) is 2.52. The number of hydrogen-bond acceptors (Lipinski definition) is 3. The van der Waals surface area contributed by atoms with Crippen LogP contribution in [0.3, 0.4) is 0 Å². The van der Waals surface area contributed by atoms with Gasteiger partial charge < -0.3 is 9.84 Å². The van der Waals surface area contributed by atoms with Crippen molar-refractivity contribution in [2.75, 3.05) is 21.2 Å². The number of nitrogens with zero attached hydrogens (tertiary/aromatic N) is 1. The van der Waals surface area contributed by atoms with Crippen molar-refractivity contribution < 1.29 is 14.6 Å². The Morgan fingerprint density at radius 2 is 2.06 bits per heavy atom. The number of aryl methyl sites for hydroxylation is 1. The van der Waals surface area contributed by atoms with E-state index in [1.165, 1.54) is 7.11 Å². The molecule has 1 aromatic rings. The number of carboxylic acid groups (broad SMARTS) is 1. The van der Waals surface area contributed by atoms with Crippen LogP contribution in [0.15, 0.2) is 12.1 Å². The Morgan fingerprint density at radius 1 is 1.47 bits per heavy atom. The highest BCUT2D eigenvalue weighted by Crippen LogP contribution is 2.34. The molecule has 17 heavy (non-hydrogen) atoms. The van der Waals surface area contributed by atoms with Crippen LogP contribution in [0.25, 0.3) is 0 Å². The van der Waals surface area contributed by atoms with E-state index < -0.39 is 12.0 Å². The van der Waals surface area contributed by atoms with Crippen molar-refractivity contribution in [3.63, 3.8) is 0 Å². The molecule has 1 atom stereocenters. The predicted molar refractivity (Wildman–Crippen MR) is 66.8 cm³/mol. The van der Waals surface area contributed by atoms with Crippen molar-refractivity contribution in [1.82, 2.24) is 4.90 Å². The van der Waals surface area contributed by atoms with Crippen LogP contribution >= 0.6 is 11.6 Å². The molecule has 0 heterocycles. The molecule has 0 amide bonds. The van der Waals surface area contributed by atoms with Crippen molar-refractivity contribution >= 4 is 17.6 Å². The van der Waals surface area contributed by atoms with E-state index in [1.54, 1.807) is 31.1 Å². The Hall–Kier alpha value is -1.26. The first-order chi connectivity index (χ1) is 7.88. The largest absolute Gasteiger partial charge is 0.496 e. The van der Waals surface area contributed by atoms with Crippen LogP contribution in [0.1, 0.15) is 17.2 Å². The third kappa shape index (κ3) is 2.90. The molecular formula is C12H16ClNO3. The number of ether oxygens (including phenoxy) is 1. The summed E-state index contributed by atoms with van der Waals surface area (Å²) in [6.07, 6.45) is 0. The number of carbonyl (C=O) groups is 1. The van der Waals surface area contributed by atoms with Gasteiger partial charge in [-0.15, -0.1) is 0 Å². The van der Waals surface area contributed by atoms with E-state index in [4.69, 9.17) is 16.3 Å². The molecule has 0 spiro atoms. The zero-order chi connectivity index (χ0) is 13.2. The number of rotatable bonds is 4. The molecule has 0 fully saturated rings. The van der Waals surface area contributed by atoms with Crippen molar-refractivity contribution in [3.8, 4) is 5.75 Å². The van der Waals surface area contributed by atoms with Crippen molar-refractivity contribution in [2.24, 2.45) is 0 Å². The minimum atomic E-state index is -0.935. The highest BCUT2D eigenvalue weighted by molar-refractivity contribution is 6.30. The maximum absolute atomic E-state index is 11.3. The van der Waals surface area contributed by atoms with Gasteiger partial charge in [0.25, 0.3) is 0 Å². The summed E-state index contributed by atoms with van der Waals surface area (Å²) < 4.78 is 5.26. The smallest absolute Gasteiger partial charge is 0.325 e. The van der Waals surface area contributed by atoms with E-state index in [9.17, 15) is 9.90 Å². The number of halogens is 1. The van der Waals surface area contributed by atoms with Gasteiger partial charge in [0, 0.05) is 10.6 Å². The normalized spacial score (nSPS) is 12.6. The molecular weight excluding hydrogens is 242 g/mol. The van der Waals surface area contributed by atoms with Crippen molar-refractivity contribution in [3.05, 3.63) is 28.3 Å². The van der Waals surface area contributed by atoms with Gasteiger partial charge in [0.15, 0.2) is 0 Å². The van der Waals surface area contributed by atoms with Gasteiger partial charge in [0.2, 0.25) is 0 Å². The lowest BCUT2D eigenvalue weighted by molar-refractivity contribution is -0.142. The number of hydrogen-bond donors (Lipinski definition) is 1. The number of benzene rings is 1. The van der Waals surface area contributed by atoms with Crippen LogP contribution in [0, 0.1) is 6.92 Å². The minimum absolute atomic E-state index is 0.506. The second-order valence-corrected chi connectivity index (χ2v) is 4.49. The lowest BCUT2D eigenvalue weighted by Crippen LogP contribution is -2.28. The molecule has 5 heteroatoms. The fourth-order valence-corrected chi connectivity index (χ4v) is 2.15. The maximum atomic E-state index is 11.3. The van der Waals surface area contributed by atoms with Crippen LogP contribution in [0.4, 0.5) is 0 Å². The molecule has 4 nitrogen and oxygen atoms in total. The number of aliphatic carboxylic acids is 1. The summed E-state index contributed by atoms with van der Waals surface area (Å²) >= 11 is 5.97. The molecule has 0 aromatic heterocycles. The third-order valence-corrected chi connectivity index (χ3v) is 2.74. The Balaban J connectivity index is 3.41. The topological polar surface area (TPSA) is 49.8 Å². The summed E-state index contributed by atoms with van der Waals surface area (Å²) in [6, 6.07) is 2.60. The Kier molecular flexibility index (Phi) is 4.37. The summed E-state index contributed by atoms with van der Waals surface area (Å²) in [5.74, 6) is -0.370. The molecule has 1 aromatic carbocycles. The second kappa shape index (κ2) is 5.38. The quantitative estimate of drug-likeness (QED) is 0.900. The molecule has 0 radical (unpaired) electrons. The van der Waals surface area contributed by atoms with E-state index in [2.05, 4.69) is 0 Å². The van der Waals surface area contributed by atoms with E-state index in [0.29, 0.717) is 16.3 Å². The summed E-state index contributed by atoms with van der Waals surface area (Å²) in [4.78, 5) is 12.9. The van der Waals surface area contributed by atoms with Crippen LogP contribution < -0.4 is 4.74 Å². The number of methoxy groups -OCH3 is 1. The first-order valence-electron chi connectivity index (χ1n) is 5.11. The first-order valence-corrected chi connectivity index (χ1v) is 5.49. The number of carboxylic acids is 1. The van der Waals surface area contributed by atoms with Gasteiger partial charge in [0.05, 0.1) is 7.11 Å². The fraction of sp³-hybridized carbons (Fsp3) is 0.417. The molecule has 0 saturated heterocycles. The van der Waals surface area contributed by atoms with Crippen LogP contribution in [0.2, 0.25) is 5.02 Å².